The van der Waals surface area contributed by atoms with Gasteiger partial charge >= 0.3 is 0 Å². The van der Waals surface area contributed by atoms with Gasteiger partial charge in [0.05, 0.1) is 11.4 Å². The molecule has 0 atom stereocenters. The van der Waals surface area contributed by atoms with Crippen LogP contribution in [0.4, 0.5) is 34.1 Å². The lowest BCUT2D eigenvalue weighted by atomic mass is 9.92. The third-order valence-corrected chi connectivity index (χ3v) is 10.3. The summed E-state index contributed by atoms with van der Waals surface area (Å²) in [5.41, 5.74) is 15.7. The number of nitrogens with zero attached hydrogens (tertiary/aromatic N) is 2. The van der Waals surface area contributed by atoms with Gasteiger partial charge in [0.1, 0.15) is 0 Å². The second kappa shape index (κ2) is 15.9. The molecule has 0 aromatic heterocycles. The van der Waals surface area contributed by atoms with E-state index in [2.05, 4.69) is 252 Å². The monoisotopic (exact) mass is 716 g/mol. The lowest BCUT2D eigenvalue weighted by Gasteiger charge is -2.34. The summed E-state index contributed by atoms with van der Waals surface area (Å²) in [5, 5.41) is 0. The van der Waals surface area contributed by atoms with Crippen LogP contribution in [0, 0.1) is 0 Å². The summed E-state index contributed by atoms with van der Waals surface area (Å²) < 4.78 is 0. The van der Waals surface area contributed by atoms with E-state index in [-0.39, 0.29) is 0 Å². The quantitative estimate of drug-likeness (QED) is 0.139. The molecule has 9 rings (SSSR count). The Kier molecular flexibility index (Phi) is 9.75. The van der Waals surface area contributed by atoms with E-state index in [0.29, 0.717) is 0 Å². The Morgan fingerprint density at radius 1 is 0.196 bits per heavy atom. The van der Waals surface area contributed by atoms with Gasteiger partial charge in [0.25, 0.3) is 0 Å². The molecule has 56 heavy (non-hydrogen) atoms. The zero-order valence-corrected chi connectivity index (χ0v) is 31.0. The molecule has 0 aliphatic heterocycles. The number of hydrogen-bond donors (Lipinski definition) is 0. The average molecular weight is 717 g/mol. The molecule has 0 bridgehead atoms. The molecule has 9 aromatic carbocycles. The van der Waals surface area contributed by atoms with E-state index in [4.69, 9.17) is 0 Å². The highest BCUT2D eigenvalue weighted by molar-refractivity contribution is 5.99. The molecular formula is C54H40N2. The van der Waals surface area contributed by atoms with Crippen LogP contribution in [0.5, 0.6) is 0 Å². The van der Waals surface area contributed by atoms with Crippen molar-refractivity contribution in [2.75, 3.05) is 9.80 Å². The Bertz CT molecular complexity index is 2500. The van der Waals surface area contributed by atoms with E-state index in [1.165, 1.54) is 22.3 Å². The van der Waals surface area contributed by atoms with Crippen molar-refractivity contribution in [1.29, 1.82) is 0 Å². The van der Waals surface area contributed by atoms with E-state index in [1.807, 2.05) is 0 Å². The molecule has 2 heteroatoms. The van der Waals surface area contributed by atoms with Gasteiger partial charge in [0.2, 0.25) is 0 Å². The summed E-state index contributed by atoms with van der Waals surface area (Å²) in [6, 6.07) is 86.8. The van der Waals surface area contributed by atoms with E-state index in [0.717, 1.165) is 56.4 Å². The van der Waals surface area contributed by atoms with Crippen LogP contribution in [0.1, 0.15) is 0 Å². The van der Waals surface area contributed by atoms with Crippen LogP contribution in [0.25, 0.3) is 44.5 Å². The number of rotatable bonds is 10. The highest BCUT2D eigenvalue weighted by Gasteiger charge is 2.25. The fraction of sp³-hybridized carbons (Fsp3) is 0. The van der Waals surface area contributed by atoms with Gasteiger partial charge < -0.3 is 9.80 Å². The van der Waals surface area contributed by atoms with Crippen molar-refractivity contribution in [3.8, 4) is 44.5 Å². The fourth-order valence-corrected chi connectivity index (χ4v) is 7.52. The van der Waals surface area contributed by atoms with Gasteiger partial charge in [-0.25, -0.2) is 0 Å². The van der Waals surface area contributed by atoms with Crippen molar-refractivity contribution in [3.05, 3.63) is 243 Å². The molecule has 0 amide bonds. The van der Waals surface area contributed by atoms with E-state index >= 15 is 0 Å². The van der Waals surface area contributed by atoms with Crippen LogP contribution in [0.3, 0.4) is 0 Å². The first-order valence-corrected chi connectivity index (χ1v) is 19.1. The topological polar surface area (TPSA) is 6.48 Å². The molecule has 0 unspecified atom stereocenters. The SMILES string of the molecule is c1ccc(-c2ccc(N(c3ccc(-c4ccccc4)cc3)c3cc(-c4ccccc4)c(-c4ccccc4)cc3N(c3ccccc3)c3ccccc3)cc2)cc1. The second-order valence-corrected chi connectivity index (χ2v) is 13.8. The maximum Gasteiger partial charge on any atom is 0.0709 e. The Balaban J connectivity index is 1.34. The predicted octanol–water partition coefficient (Wildman–Crippen LogP) is 15.3. The van der Waals surface area contributed by atoms with Crippen molar-refractivity contribution in [2.24, 2.45) is 0 Å². The zero-order valence-electron chi connectivity index (χ0n) is 31.0. The van der Waals surface area contributed by atoms with Crippen molar-refractivity contribution in [1.82, 2.24) is 0 Å². The molecule has 0 fully saturated rings. The maximum atomic E-state index is 2.42. The normalized spacial score (nSPS) is 10.9. The van der Waals surface area contributed by atoms with Crippen molar-refractivity contribution < 1.29 is 0 Å². The minimum Gasteiger partial charge on any atom is -0.308 e. The first kappa shape index (κ1) is 34.4. The third kappa shape index (κ3) is 7.12. The molecule has 9 aromatic rings. The Morgan fingerprint density at radius 2 is 0.429 bits per heavy atom. The molecule has 0 spiro atoms. The van der Waals surface area contributed by atoms with Crippen LogP contribution >= 0.6 is 0 Å². The Hall–Kier alpha value is -7.42. The second-order valence-electron chi connectivity index (χ2n) is 13.8. The molecule has 0 aliphatic rings. The summed E-state index contributed by atoms with van der Waals surface area (Å²) in [7, 11) is 0. The number of anilines is 6. The lowest BCUT2D eigenvalue weighted by molar-refractivity contribution is 1.23. The molecule has 0 saturated carbocycles. The van der Waals surface area contributed by atoms with Gasteiger partial charge in [0.15, 0.2) is 0 Å². The van der Waals surface area contributed by atoms with Crippen molar-refractivity contribution in [2.45, 2.75) is 0 Å². The fourth-order valence-electron chi connectivity index (χ4n) is 7.52. The van der Waals surface area contributed by atoms with E-state index in [1.54, 1.807) is 0 Å². The van der Waals surface area contributed by atoms with Gasteiger partial charge in [-0.3, -0.25) is 0 Å². The van der Waals surface area contributed by atoms with Gasteiger partial charge in [-0.15, -0.1) is 0 Å². The summed E-state index contributed by atoms with van der Waals surface area (Å²) >= 11 is 0. The molecule has 0 saturated heterocycles. The third-order valence-electron chi connectivity index (χ3n) is 10.3. The summed E-state index contributed by atoms with van der Waals surface area (Å²) in [6.07, 6.45) is 0. The van der Waals surface area contributed by atoms with E-state index < -0.39 is 0 Å². The van der Waals surface area contributed by atoms with Crippen LogP contribution in [-0.2, 0) is 0 Å². The standard InChI is InChI=1S/C54H40N2/c1-7-19-41(20-8-1)43-31-35-49(36-32-43)56(50-37-33-44(34-38-50)42-21-9-2-10-22-42)54-40-52(46-25-13-4-14-26-46)51(45-23-11-3-12-24-45)39-53(54)55(47-27-15-5-16-28-47)48-29-17-6-18-30-48/h1-40H. The summed E-state index contributed by atoms with van der Waals surface area (Å²) in [4.78, 5) is 4.80. The van der Waals surface area contributed by atoms with Crippen LogP contribution in [-0.4, -0.2) is 0 Å². The van der Waals surface area contributed by atoms with Crippen LogP contribution in [0.15, 0.2) is 243 Å². The molecule has 0 heterocycles. The van der Waals surface area contributed by atoms with Gasteiger partial charge in [0, 0.05) is 22.7 Å². The molecule has 0 N–H and O–H groups in total. The first-order valence-electron chi connectivity index (χ1n) is 19.1. The largest absolute Gasteiger partial charge is 0.308 e. The number of para-hydroxylation sites is 2. The predicted molar refractivity (Wildman–Crippen MR) is 238 cm³/mol. The minimum atomic E-state index is 1.05. The highest BCUT2D eigenvalue weighted by Crippen LogP contribution is 2.50. The maximum absolute atomic E-state index is 2.42. The highest BCUT2D eigenvalue weighted by atomic mass is 15.2. The molecule has 0 radical (unpaired) electrons. The lowest BCUT2D eigenvalue weighted by Crippen LogP contribution is -2.17. The van der Waals surface area contributed by atoms with Crippen molar-refractivity contribution >= 4 is 34.1 Å². The molecule has 266 valence electrons. The first-order chi connectivity index (χ1) is 27.8. The minimum absolute atomic E-state index is 1.05. The number of hydrogen-bond acceptors (Lipinski definition) is 2. The molecule has 0 aliphatic carbocycles. The van der Waals surface area contributed by atoms with Gasteiger partial charge in [-0.1, -0.05) is 182 Å². The van der Waals surface area contributed by atoms with Crippen LogP contribution in [0.2, 0.25) is 0 Å². The molecule has 2 nitrogen and oxygen atoms in total. The molecular weight excluding hydrogens is 677 g/mol. The van der Waals surface area contributed by atoms with E-state index in [9.17, 15) is 0 Å². The Morgan fingerprint density at radius 3 is 0.732 bits per heavy atom. The van der Waals surface area contributed by atoms with Gasteiger partial charge in [-0.2, -0.15) is 0 Å². The zero-order chi connectivity index (χ0) is 37.5. The Labute approximate surface area is 329 Å². The smallest absolute Gasteiger partial charge is 0.0709 e. The summed E-state index contributed by atoms with van der Waals surface area (Å²) in [5.74, 6) is 0. The van der Waals surface area contributed by atoms with Crippen LogP contribution < -0.4 is 9.80 Å². The number of benzene rings is 9. The summed E-state index contributed by atoms with van der Waals surface area (Å²) in [6.45, 7) is 0. The van der Waals surface area contributed by atoms with Gasteiger partial charge in [-0.05, 0) is 105 Å². The van der Waals surface area contributed by atoms with Crippen molar-refractivity contribution in [3.63, 3.8) is 0 Å². The average Bonchev–Trinajstić information content (AvgIpc) is 3.29.